The first kappa shape index (κ1) is 13.0. The number of benzene rings is 1. The summed E-state index contributed by atoms with van der Waals surface area (Å²) in [5.74, 6) is 0. The van der Waals surface area contributed by atoms with Gasteiger partial charge in [-0.15, -0.1) is 0 Å². The SMILES string of the molecule is CC.CC[N+]1=C(C)C(C)(C)c2ccccc21. The molecule has 1 heteroatoms. The number of para-hydroxylation sites is 1. The molecule has 0 fully saturated rings. The average molecular weight is 218 g/mol. The smallest absolute Gasteiger partial charge is 0.199 e. The molecule has 2 rings (SSSR count). The van der Waals surface area contributed by atoms with E-state index in [1.807, 2.05) is 13.8 Å². The second kappa shape index (κ2) is 4.82. The minimum absolute atomic E-state index is 0.201. The predicted molar refractivity (Wildman–Crippen MR) is 72.0 cm³/mol. The maximum Gasteiger partial charge on any atom is 0.209 e. The Morgan fingerprint density at radius 2 is 1.69 bits per heavy atom. The van der Waals surface area contributed by atoms with Crippen molar-refractivity contribution in [3.8, 4) is 0 Å². The van der Waals surface area contributed by atoms with Crippen molar-refractivity contribution in [1.82, 2.24) is 0 Å². The van der Waals surface area contributed by atoms with Gasteiger partial charge in [0.2, 0.25) is 5.69 Å². The summed E-state index contributed by atoms with van der Waals surface area (Å²) in [6, 6.07) is 8.72. The van der Waals surface area contributed by atoms with Crippen LogP contribution in [0.15, 0.2) is 24.3 Å². The molecule has 0 spiro atoms. The molecule has 1 heterocycles. The second-order valence-corrected chi connectivity index (χ2v) is 4.47. The molecule has 88 valence electrons. The molecule has 0 amide bonds. The first-order chi connectivity index (χ1) is 7.59. The number of hydrogen-bond acceptors (Lipinski definition) is 0. The Morgan fingerprint density at radius 3 is 2.25 bits per heavy atom. The van der Waals surface area contributed by atoms with Gasteiger partial charge in [0, 0.05) is 18.6 Å². The van der Waals surface area contributed by atoms with E-state index in [4.69, 9.17) is 0 Å². The molecule has 1 aliphatic rings. The summed E-state index contributed by atoms with van der Waals surface area (Å²) in [6.07, 6.45) is 0. The lowest BCUT2D eigenvalue weighted by molar-refractivity contribution is -0.434. The van der Waals surface area contributed by atoms with Crippen LogP contribution in [0.2, 0.25) is 0 Å². The van der Waals surface area contributed by atoms with Gasteiger partial charge in [0.15, 0.2) is 5.71 Å². The Hall–Kier alpha value is -1.11. The highest BCUT2D eigenvalue weighted by molar-refractivity contribution is 5.93. The summed E-state index contributed by atoms with van der Waals surface area (Å²) >= 11 is 0. The van der Waals surface area contributed by atoms with E-state index >= 15 is 0 Å². The Kier molecular flexibility index (Phi) is 3.90. The van der Waals surface area contributed by atoms with Gasteiger partial charge in [-0.1, -0.05) is 32.0 Å². The molecule has 1 aromatic carbocycles. The zero-order valence-corrected chi connectivity index (χ0v) is 11.5. The number of fused-ring (bicyclic) bond motifs is 1. The maximum atomic E-state index is 2.41. The van der Waals surface area contributed by atoms with Crippen molar-refractivity contribution >= 4 is 11.4 Å². The van der Waals surface area contributed by atoms with Crippen LogP contribution in [0.3, 0.4) is 0 Å². The van der Waals surface area contributed by atoms with Crippen molar-refractivity contribution in [2.24, 2.45) is 0 Å². The van der Waals surface area contributed by atoms with Crippen molar-refractivity contribution in [2.45, 2.75) is 47.0 Å². The van der Waals surface area contributed by atoms with E-state index in [0.717, 1.165) is 6.54 Å². The topological polar surface area (TPSA) is 3.01 Å². The normalized spacial score (nSPS) is 16.6. The molecule has 0 aliphatic carbocycles. The lowest BCUT2D eigenvalue weighted by atomic mass is 9.82. The molecule has 0 unspecified atom stereocenters. The summed E-state index contributed by atoms with van der Waals surface area (Å²) < 4.78 is 2.41. The lowest BCUT2D eigenvalue weighted by Gasteiger charge is -2.14. The van der Waals surface area contributed by atoms with Crippen molar-refractivity contribution < 1.29 is 4.58 Å². The van der Waals surface area contributed by atoms with Gasteiger partial charge < -0.3 is 0 Å². The predicted octanol–water partition coefficient (Wildman–Crippen LogP) is 4.13. The molecule has 0 saturated heterocycles. The Bertz CT molecular complexity index is 400. The van der Waals surface area contributed by atoms with Gasteiger partial charge in [-0.05, 0) is 20.8 Å². The Balaban J connectivity index is 0.000000606. The monoisotopic (exact) mass is 218 g/mol. The number of hydrogen-bond donors (Lipinski definition) is 0. The van der Waals surface area contributed by atoms with Crippen LogP contribution in [0.4, 0.5) is 5.69 Å². The third kappa shape index (κ3) is 1.79. The highest BCUT2D eigenvalue weighted by atomic mass is 15.0. The molecule has 0 N–H and O–H groups in total. The van der Waals surface area contributed by atoms with E-state index in [2.05, 4.69) is 56.5 Å². The van der Waals surface area contributed by atoms with Crippen molar-refractivity contribution in [1.29, 1.82) is 0 Å². The minimum atomic E-state index is 0.201. The average Bonchev–Trinajstić information content (AvgIpc) is 2.51. The molecular weight excluding hydrogens is 194 g/mol. The molecule has 0 radical (unpaired) electrons. The third-order valence-electron chi connectivity index (χ3n) is 3.49. The maximum absolute atomic E-state index is 2.41. The molecule has 0 bridgehead atoms. The van der Waals surface area contributed by atoms with Crippen LogP contribution in [0.1, 0.15) is 47.1 Å². The number of rotatable bonds is 1. The van der Waals surface area contributed by atoms with E-state index in [1.165, 1.54) is 17.0 Å². The zero-order valence-electron chi connectivity index (χ0n) is 11.5. The van der Waals surface area contributed by atoms with Gasteiger partial charge in [-0.25, -0.2) is 0 Å². The highest BCUT2D eigenvalue weighted by Crippen LogP contribution is 2.38. The van der Waals surface area contributed by atoms with Gasteiger partial charge >= 0.3 is 0 Å². The molecule has 0 aromatic heterocycles. The lowest BCUT2D eigenvalue weighted by Crippen LogP contribution is -2.26. The second-order valence-electron chi connectivity index (χ2n) is 4.47. The zero-order chi connectivity index (χ0) is 12.3. The standard InChI is InChI=1S/C13H18N.C2H6/c1-5-14-10(2)13(3,4)11-8-6-7-9-12(11)14;1-2/h6-9H,5H2,1-4H3;1-2H3/q+1;. The molecular formula is C15H24N+. The van der Waals surface area contributed by atoms with Crippen LogP contribution in [-0.4, -0.2) is 16.8 Å². The van der Waals surface area contributed by atoms with Crippen LogP contribution in [0.25, 0.3) is 0 Å². The first-order valence-electron chi connectivity index (χ1n) is 6.30. The first-order valence-corrected chi connectivity index (χ1v) is 6.30. The van der Waals surface area contributed by atoms with E-state index in [9.17, 15) is 0 Å². The molecule has 16 heavy (non-hydrogen) atoms. The van der Waals surface area contributed by atoms with E-state index < -0.39 is 0 Å². The fraction of sp³-hybridized carbons (Fsp3) is 0.533. The van der Waals surface area contributed by atoms with Gasteiger partial charge in [0.1, 0.15) is 6.54 Å². The number of nitrogens with zero attached hydrogens (tertiary/aromatic N) is 1. The van der Waals surface area contributed by atoms with Crippen molar-refractivity contribution in [3.05, 3.63) is 29.8 Å². The fourth-order valence-electron chi connectivity index (χ4n) is 2.36. The van der Waals surface area contributed by atoms with E-state index in [1.54, 1.807) is 0 Å². The summed E-state index contributed by atoms with van der Waals surface area (Å²) in [7, 11) is 0. The summed E-state index contributed by atoms with van der Waals surface area (Å²) in [5.41, 5.74) is 4.50. The molecule has 1 aromatic rings. The highest BCUT2D eigenvalue weighted by Gasteiger charge is 2.41. The van der Waals surface area contributed by atoms with E-state index in [-0.39, 0.29) is 5.41 Å². The van der Waals surface area contributed by atoms with Crippen LogP contribution >= 0.6 is 0 Å². The van der Waals surface area contributed by atoms with Crippen LogP contribution < -0.4 is 0 Å². The van der Waals surface area contributed by atoms with Crippen LogP contribution in [0.5, 0.6) is 0 Å². The molecule has 1 nitrogen and oxygen atoms in total. The summed E-state index contributed by atoms with van der Waals surface area (Å²) in [5, 5.41) is 0. The van der Waals surface area contributed by atoms with Gasteiger partial charge in [-0.3, -0.25) is 0 Å². The molecule has 0 atom stereocenters. The largest absolute Gasteiger partial charge is 0.209 e. The minimum Gasteiger partial charge on any atom is -0.199 e. The molecule has 0 saturated carbocycles. The van der Waals surface area contributed by atoms with Crippen molar-refractivity contribution in [3.63, 3.8) is 0 Å². The van der Waals surface area contributed by atoms with Gasteiger partial charge in [0.25, 0.3) is 0 Å². The quantitative estimate of drug-likeness (QED) is 0.624. The summed E-state index contributed by atoms with van der Waals surface area (Å²) in [6.45, 7) is 14.1. The third-order valence-corrected chi connectivity index (χ3v) is 3.49. The fourth-order valence-corrected chi connectivity index (χ4v) is 2.36. The van der Waals surface area contributed by atoms with Crippen molar-refractivity contribution in [2.75, 3.05) is 6.54 Å². The van der Waals surface area contributed by atoms with E-state index in [0.29, 0.717) is 0 Å². The Labute approximate surface area is 99.8 Å². The van der Waals surface area contributed by atoms with Crippen LogP contribution in [-0.2, 0) is 5.41 Å². The van der Waals surface area contributed by atoms with Crippen LogP contribution in [0, 0.1) is 0 Å². The summed E-state index contributed by atoms with van der Waals surface area (Å²) in [4.78, 5) is 0. The van der Waals surface area contributed by atoms with Gasteiger partial charge in [-0.2, -0.15) is 4.58 Å². The molecule has 1 aliphatic heterocycles. The van der Waals surface area contributed by atoms with Gasteiger partial charge in [0.05, 0.1) is 5.41 Å². The Morgan fingerprint density at radius 1 is 1.12 bits per heavy atom.